The third-order valence-corrected chi connectivity index (χ3v) is 7.82. The number of ether oxygens (including phenoxy) is 2. The maximum absolute atomic E-state index is 14.4. The van der Waals surface area contributed by atoms with Gasteiger partial charge >= 0.3 is 0 Å². The zero-order valence-corrected chi connectivity index (χ0v) is 23.4. The van der Waals surface area contributed by atoms with Crippen molar-refractivity contribution >= 4 is 22.6 Å². The largest absolute Gasteiger partial charge is 0.489 e. The Morgan fingerprint density at radius 2 is 1.93 bits per heavy atom. The number of nitrogens with two attached hydrogens (primary N) is 2. The summed E-state index contributed by atoms with van der Waals surface area (Å²) in [6.45, 7) is 3.51. The fourth-order valence-electron chi connectivity index (χ4n) is 5.55. The lowest BCUT2D eigenvalue weighted by Crippen LogP contribution is -2.39. The van der Waals surface area contributed by atoms with Gasteiger partial charge in [-0.25, -0.2) is 0 Å². The molecule has 0 spiro atoms. The molecule has 0 saturated heterocycles. The molecule has 1 fully saturated rings. The van der Waals surface area contributed by atoms with E-state index in [-0.39, 0.29) is 53.8 Å². The van der Waals surface area contributed by atoms with E-state index < -0.39 is 17.8 Å². The molecule has 2 heterocycles. The topological polar surface area (TPSA) is 186 Å². The number of rotatable bonds is 10. The summed E-state index contributed by atoms with van der Waals surface area (Å²) in [5, 5.41) is 31.4. The fourth-order valence-corrected chi connectivity index (χ4v) is 5.55. The average molecular weight is 567 g/mol. The quantitative estimate of drug-likeness (QED) is 0.121. The third-order valence-electron chi connectivity index (χ3n) is 7.82. The molecular weight excluding hydrogens is 528 g/mol. The van der Waals surface area contributed by atoms with Crippen molar-refractivity contribution in [1.82, 2.24) is 0 Å². The van der Waals surface area contributed by atoms with E-state index in [4.69, 9.17) is 25.4 Å². The Balaban J connectivity index is 1.68. The van der Waals surface area contributed by atoms with Crippen LogP contribution >= 0.6 is 0 Å². The molecular formula is C30H38N4O7. The maximum atomic E-state index is 14.4. The van der Waals surface area contributed by atoms with Crippen molar-refractivity contribution in [3.05, 3.63) is 63.0 Å². The van der Waals surface area contributed by atoms with Crippen LogP contribution in [0.4, 0.5) is 5.69 Å². The van der Waals surface area contributed by atoms with Crippen molar-refractivity contribution in [1.29, 1.82) is 0 Å². The van der Waals surface area contributed by atoms with E-state index >= 15 is 0 Å². The highest BCUT2D eigenvalue weighted by molar-refractivity contribution is 5.88. The summed E-state index contributed by atoms with van der Waals surface area (Å²) in [6.07, 6.45) is 2.79. The molecule has 2 unspecified atom stereocenters. The number of benzene rings is 2. The molecule has 41 heavy (non-hydrogen) atoms. The van der Waals surface area contributed by atoms with Gasteiger partial charge in [-0.15, -0.1) is 0 Å². The molecule has 11 nitrogen and oxygen atoms in total. The Morgan fingerprint density at radius 1 is 1.22 bits per heavy atom. The van der Waals surface area contributed by atoms with E-state index in [1.807, 2.05) is 0 Å². The molecule has 3 aromatic rings. The number of nitrogens with one attached hydrogen (secondary N) is 1. The van der Waals surface area contributed by atoms with Crippen molar-refractivity contribution in [3.8, 4) is 11.5 Å². The van der Waals surface area contributed by atoms with Crippen molar-refractivity contribution in [3.63, 3.8) is 0 Å². The number of aliphatic imine (C=N–C) groups is 1. The molecule has 1 aliphatic carbocycles. The van der Waals surface area contributed by atoms with Crippen molar-refractivity contribution in [2.45, 2.75) is 82.7 Å². The summed E-state index contributed by atoms with van der Waals surface area (Å²) in [5.41, 5.74) is 14.1. The number of hydrogen-bond acceptors (Lipinski definition) is 9. The molecule has 1 saturated carbocycles. The van der Waals surface area contributed by atoms with Crippen LogP contribution in [0.1, 0.15) is 74.5 Å². The molecule has 11 heteroatoms. The minimum absolute atomic E-state index is 0.0443. The number of aliphatic hydroxyl groups is 2. The van der Waals surface area contributed by atoms with Gasteiger partial charge in [0.1, 0.15) is 40.4 Å². The van der Waals surface area contributed by atoms with Crippen LogP contribution in [-0.2, 0) is 12.8 Å². The van der Waals surface area contributed by atoms with Gasteiger partial charge < -0.3 is 35.6 Å². The molecule has 1 aliphatic heterocycles. The van der Waals surface area contributed by atoms with Gasteiger partial charge in [0.2, 0.25) is 0 Å². The van der Waals surface area contributed by atoms with Gasteiger partial charge in [-0.05, 0) is 57.2 Å². The van der Waals surface area contributed by atoms with Crippen LogP contribution in [0, 0.1) is 0 Å². The lowest BCUT2D eigenvalue weighted by molar-refractivity contribution is -0.0229. The van der Waals surface area contributed by atoms with Crippen LogP contribution in [0.25, 0.3) is 11.0 Å². The third kappa shape index (κ3) is 6.12. The van der Waals surface area contributed by atoms with E-state index in [1.54, 1.807) is 44.2 Å². The average Bonchev–Trinajstić information content (AvgIpc) is 3.60. The summed E-state index contributed by atoms with van der Waals surface area (Å²) in [5.74, 6) is 0.924. The lowest BCUT2D eigenvalue weighted by Gasteiger charge is -2.24. The van der Waals surface area contributed by atoms with Gasteiger partial charge in [0.15, 0.2) is 11.4 Å². The maximum Gasteiger partial charge on any atom is 0.200 e. The minimum atomic E-state index is -1.17. The first kappa shape index (κ1) is 28.7. The van der Waals surface area contributed by atoms with Gasteiger partial charge in [0, 0.05) is 43.0 Å². The Bertz CT molecular complexity index is 1480. The van der Waals surface area contributed by atoms with Crippen LogP contribution in [0.5, 0.6) is 11.5 Å². The highest BCUT2D eigenvalue weighted by atomic mass is 16.5. The zero-order chi connectivity index (χ0) is 29.3. The summed E-state index contributed by atoms with van der Waals surface area (Å²) in [6, 6.07) is 8.57. The molecule has 0 bridgehead atoms. The van der Waals surface area contributed by atoms with E-state index in [0.29, 0.717) is 29.0 Å². The predicted octanol–water partition coefficient (Wildman–Crippen LogP) is 3.28. The van der Waals surface area contributed by atoms with Crippen LogP contribution in [0.15, 0.2) is 44.5 Å². The lowest BCUT2D eigenvalue weighted by atomic mass is 9.94. The second-order valence-corrected chi connectivity index (χ2v) is 11.4. The second kappa shape index (κ2) is 11.6. The standard InChI is InChI=1S/C30H38N4O7/c1-30(2,37)24-14-19-22(40-24)15-23-25(28(19)39-18-5-3-4-6-18)26(36)20(13-16-7-9-17(34-38)10-8-16)27(41-23)21(35)11-12-33-29(31)32/h7-10,15,18,21,24,34-35,37-38H,3-6,11-14H2,1-2H3,(H4,31,32,33). The molecule has 2 aromatic carbocycles. The van der Waals surface area contributed by atoms with E-state index in [2.05, 4.69) is 10.5 Å². The van der Waals surface area contributed by atoms with Gasteiger partial charge in [-0.3, -0.25) is 20.5 Å². The Labute approximate surface area is 237 Å². The first-order valence-electron chi connectivity index (χ1n) is 14.0. The summed E-state index contributed by atoms with van der Waals surface area (Å²) < 4.78 is 19.0. The van der Waals surface area contributed by atoms with E-state index in [0.717, 1.165) is 36.8 Å². The van der Waals surface area contributed by atoms with Crippen molar-refractivity contribution in [2.75, 3.05) is 12.0 Å². The monoisotopic (exact) mass is 566 g/mol. The highest BCUT2D eigenvalue weighted by Gasteiger charge is 2.39. The molecule has 220 valence electrons. The Kier molecular flexibility index (Phi) is 8.12. The molecule has 2 aliphatic rings. The Hall–Kier alpha value is -3.80. The van der Waals surface area contributed by atoms with Crippen LogP contribution in [-0.4, -0.2) is 45.7 Å². The second-order valence-electron chi connectivity index (χ2n) is 11.4. The fraction of sp³-hybridized carbons (Fsp3) is 0.467. The van der Waals surface area contributed by atoms with Crippen molar-refractivity contribution < 1.29 is 29.3 Å². The number of aliphatic hydroxyl groups excluding tert-OH is 1. The molecule has 0 amide bonds. The molecule has 0 radical (unpaired) electrons. The number of fused-ring (bicyclic) bond motifs is 2. The highest BCUT2D eigenvalue weighted by Crippen LogP contribution is 2.45. The van der Waals surface area contributed by atoms with E-state index in [1.165, 1.54) is 0 Å². The summed E-state index contributed by atoms with van der Waals surface area (Å²) >= 11 is 0. The van der Waals surface area contributed by atoms with Crippen LogP contribution in [0.2, 0.25) is 0 Å². The molecule has 8 N–H and O–H groups in total. The van der Waals surface area contributed by atoms with Gasteiger partial charge in [-0.2, -0.15) is 0 Å². The number of nitrogens with zero attached hydrogens (tertiary/aromatic N) is 1. The number of anilines is 1. The number of hydrogen-bond donors (Lipinski definition) is 6. The summed E-state index contributed by atoms with van der Waals surface area (Å²) in [4.78, 5) is 18.3. The van der Waals surface area contributed by atoms with Gasteiger partial charge in [-0.1, -0.05) is 12.1 Å². The normalized spacial score (nSPS) is 17.7. The summed E-state index contributed by atoms with van der Waals surface area (Å²) in [7, 11) is 0. The molecule has 5 rings (SSSR count). The van der Waals surface area contributed by atoms with Crippen molar-refractivity contribution in [2.24, 2.45) is 16.5 Å². The Morgan fingerprint density at radius 3 is 2.56 bits per heavy atom. The SMILES string of the molecule is CC(C)(O)C1Cc2c(cc3oc(C(O)CCN=C(N)N)c(Cc4ccc(NO)cc4)c(=O)c3c2OC2CCCC2)O1. The smallest absolute Gasteiger partial charge is 0.200 e. The van der Waals surface area contributed by atoms with Gasteiger partial charge in [0.25, 0.3) is 0 Å². The van der Waals surface area contributed by atoms with Gasteiger partial charge in [0.05, 0.1) is 17.4 Å². The van der Waals surface area contributed by atoms with Crippen LogP contribution < -0.4 is 31.8 Å². The first-order valence-corrected chi connectivity index (χ1v) is 14.0. The van der Waals surface area contributed by atoms with Crippen LogP contribution in [0.3, 0.4) is 0 Å². The predicted molar refractivity (Wildman–Crippen MR) is 155 cm³/mol. The van der Waals surface area contributed by atoms with E-state index in [9.17, 15) is 20.2 Å². The molecule has 1 aromatic heterocycles. The molecule has 2 atom stereocenters. The first-order chi connectivity index (χ1) is 19.5. The number of guanidine groups is 1. The minimum Gasteiger partial charge on any atom is -0.489 e. The zero-order valence-electron chi connectivity index (χ0n) is 23.4.